The summed E-state index contributed by atoms with van der Waals surface area (Å²) in [5.41, 5.74) is 7.93. The fourth-order valence-electron chi connectivity index (χ4n) is 1.72. The molecule has 0 spiro atoms. The standard InChI is InChI=1S/C15H25N3O/c1-11(2)14(16)8-9-18(4)15(19)17-13-7-5-6-12(3)10-13/h5-7,10-11,14H,8-9,16H2,1-4H3,(H,17,19). The molecular weight excluding hydrogens is 238 g/mol. The Kier molecular flexibility index (Phi) is 5.83. The molecule has 4 heteroatoms. The number of nitrogens with two attached hydrogens (primary N) is 1. The maximum absolute atomic E-state index is 12.0. The molecule has 1 aromatic carbocycles. The van der Waals surface area contributed by atoms with E-state index in [-0.39, 0.29) is 12.1 Å². The van der Waals surface area contributed by atoms with Crippen LogP contribution in [-0.2, 0) is 0 Å². The largest absolute Gasteiger partial charge is 0.328 e. The van der Waals surface area contributed by atoms with Crippen molar-refractivity contribution in [3.8, 4) is 0 Å². The van der Waals surface area contributed by atoms with Crippen LogP contribution in [0.4, 0.5) is 10.5 Å². The van der Waals surface area contributed by atoms with Crippen LogP contribution in [-0.4, -0.2) is 30.6 Å². The van der Waals surface area contributed by atoms with E-state index in [4.69, 9.17) is 5.73 Å². The van der Waals surface area contributed by atoms with E-state index in [9.17, 15) is 4.79 Å². The number of urea groups is 1. The highest BCUT2D eigenvalue weighted by Gasteiger charge is 2.12. The van der Waals surface area contributed by atoms with Crippen molar-refractivity contribution in [2.24, 2.45) is 11.7 Å². The molecule has 1 aromatic rings. The Balaban J connectivity index is 2.45. The summed E-state index contributed by atoms with van der Waals surface area (Å²) in [6.07, 6.45) is 0.815. The molecule has 1 rings (SSSR count). The molecule has 0 bridgehead atoms. The lowest BCUT2D eigenvalue weighted by molar-refractivity contribution is 0.219. The van der Waals surface area contributed by atoms with Gasteiger partial charge in [-0.3, -0.25) is 0 Å². The second-order valence-corrected chi connectivity index (χ2v) is 5.42. The van der Waals surface area contributed by atoms with Gasteiger partial charge in [0.1, 0.15) is 0 Å². The predicted molar refractivity (Wildman–Crippen MR) is 80.3 cm³/mol. The van der Waals surface area contributed by atoms with Crippen LogP contribution in [0.5, 0.6) is 0 Å². The zero-order chi connectivity index (χ0) is 14.4. The Morgan fingerprint density at radius 2 is 2.11 bits per heavy atom. The van der Waals surface area contributed by atoms with E-state index >= 15 is 0 Å². The number of anilines is 1. The maximum Gasteiger partial charge on any atom is 0.321 e. The van der Waals surface area contributed by atoms with Crippen molar-refractivity contribution in [3.05, 3.63) is 29.8 Å². The minimum absolute atomic E-state index is 0.0958. The van der Waals surface area contributed by atoms with Crippen molar-refractivity contribution in [2.45, 2.75) is 33.2 Å². The van der Waals surface area contributed by atoms with E-state index in [0.717, 1.165) is 17.7 Å². The van der Waals surface area contributed by atoms with Crippen molar-refractivity contribution >= 4 is 11.7 Å². The number of hydrogen-bond donors (Lipinski definition) is 2. The molecule has 0 saturated carbocycles. The van der Waals surface area contributed by atoms with Crippen molar-refractivity contribution < 1.29 is 4.79 Å². The number of rotatable bonds is 5. The number of nitrogens with zero attached hydrogens (tertiary/aromatic N) is 1. The smallest absolute Gasteiger partial charge is 0.321 e. The van der Waals surface area contributed by atoms with Crippen molar-refractivity contribution in [1.29, 1.82) is 0 Å². The van der Waals surface area contributed by atoms with Crippen molar-refractivity contribution in [3.63, 3.8) is 0 Å². The first-order valence-corrected chi connectivity index (χ1v) is 6.74. The molecule has 0 aliphatic heterocycles. The van der Waals surface area contributed by atoms with E-state index in [0.29, 0.717) is 12.5 Å². The minimum Gasteiger partial charge on any atom is -0.328 e. The van der Waals surface area contributed by atoms with Crippen LogP contribution in [0, 0.1) is 12.8 Å². The van der Waals surface area contributed by atoms with Crippen LogP contribution < -0.4 is 11.1 Å². The molecule has 0 radical (unpaired) electrons. The van der Waals surface area contributed by atoms with Crippen LogP contribution in [0.25, 0.3) is 0 Å². The normalized spacial score (nSPS) is 12.3. The molecule has 0 aliphatic rings. The van der Waals surface area contributed by atoms with E-state index in [1.165, 1.54) is 0 Å². The van der Waals surface area contributed by atoms with Gasteiger partial charge in [-0.05, 0) is 37.0 Å². The topological polar surface area (TPSA) is 58.4 Å². The molecule has 2 amide bonds. The highest BCUT2D eigenvalue weighted by molar-refractivity contribution is 5.89. The molecule has 1 atom stereocenters. The lowest BCUT2D eigenvalue weighted by atomic mass is 10.0. The predicted octanol–water partition coefficient (Wildman–Crippen LogP) is 2.83. The summed E-state index contributed by atoms with van der Waals surface area (Å²) in [4.78, 5) is 13.7. The molecule has 0 aromatic heterocycles. The maximum atomic E-state index is 12.0. The molecule has 19 heavy (non-hydrogen) atoms. The Bertz CT molecular complexity index is 418. The third-order valence-corrected chi connectivity index (χ3v) is 3.27. The minimum atomic E-state index is -0.0958. The van der Waals surface area contributed by atoms with E-state index < -0.39 is 0 Å². The van der Waals surface area contributed by atoms with Gasteiger partial charge in [-0.1, -0.05) is 26.0 Å². The molecule has 1 unspecified atom stereocenters. The van der Waals surface area contributed by atoms with Crippen molar-refractivity contribution in [1.82, 2.24) is 4.90 Å². The number of carbonyl (C=O) groups is 1. The van der Waals surface area contributed by atoms with Gasteiger partial charge in [-0.2, -0.15) is 0 Å². The van der Waals surface area contributed by atoms with Gasteiger partial charge in [-0.15, -0.1) is 0 Å². The van der Waals surface area contributed by atoms with Crippen molar-refractivity contribution in [2.75, 3.05) is 18.9 Å². The highest BCUT2D eigenvalue weighted by Crippen LogP contribution is 2.10. The second-order valence-electron chi connectivity index (χ2n) is 5.42. The van der Waals surface area contributed by atoms with Gasteiger partial charge >= 0.3 is 6.03 Å². The summed E-state index contributed by atoms with van der Waals surface area (Å²) >= 11 is 0. The molecule has 4 nitrogen and oxygen atoms in total. The first-order chi connectivity index (χ1) is 8.90. The molecule has 0 fully saturated rings. The van der Waals surface area contributed by atoms with Crippen LogP contribution in [0.3, 0.4) is 0 Å². The summed E-state index contributed by atoms with van der Waals surface area (Å²) in [5.74, 6) is 0.438. The zero-order valence-corrected chi connectivity index (χ0v) is 12.3. The third-order valence-electron chi connectivity index (χ3n) is 3.27. The number of amides is 2. The molecule has 0 aliphatic carbocycles. The summed E-state index contributed by atoms with van der Waals surface area (Å²) < 4.78 is 0. The quantitative estimate of drug-likeness (QED) is 0.858. The summed E-state index contributed by atoms with van der Waals surface area (Å²) in [6, 6.07) is 7.81. The fourth-order valence-corrected chi connectivity index (χ4v) is 1.72. The third kappa shape index (κ3) is 5.30. The van der Waals surface area contributed by atoms with Gasteiger partial charge in [0.15, 0.2) is 0 Å². The van der Waals surface area contributed by atoms with Gasteiger partial charge in [0.2, 0.25) is 0 Å². The van der Waals surface area contributed by atoms with Gasteiger partial charge in [0.05, 0.1) is 0 Å². The number of nitrogens with one attached hydrogen (secondary N) is 1. The van der Waals surface area contributed by atoms with Gasteiger partial charge in [0, 0.05) is 25.3 Å². The van der Waals surface area contributed by atoms with Crippen LogP contribution in [0.15, 0.2) is 24.3 Å². The monoisotopic (exact) mass is 263 g/mol. The SMILES string of the molecule is Cc1cccc(NC(=O)N(C)CCC(N)C(C)C)c1. The zero-order valence-electron chi connectivity index (χ0n) is 12.3. The molecule has 0 saturated heterocycles. The molecule has 106 valence electrons. The number of aryl methyl sites for hydroxylation is 1. The average Bonchev–Trinajstić information content (AvgIpc) is 2.35. The Hall–Kier alpha value is -1.55. The van der Waals surface area contributed by atoms with Crippen LogP contribution in [0.1, 0.15) is 25.8 Å². The Morgan fingerprint density at radius 3 is 2.68 bits per heavy atom. The molecule has 3 N–H and O–H groups in total. The van der Waals surface area contributed by atoms with E-state index in [2.05, 4.69) is 19.2 Å². The number of carbonyl (C=O) groups excluding carboxylic acids is 1. The van der Waals surface area contributed by atoms with E-state index in [1.807, 2.05) is 31.2 Å². The number of benzene rings is 1. The number of hydrogen-bond acceptors (Lipinski definition) is 2. The lowest BCUT2D eigenvalue weighted by Gasteiger charge is -2.22. The average molecular weight is 263 g/mol. The highest BCUT2D eigenvalue weighted by atomic mass is 16.2. The van der Waals surface area contributed by atoms with E-state index in [1.54, 1.807) is 11.9 Å². The van der Waals surface area contributed by atoms with Gasteiger partial charge in [-0.25, -0.2) is 4.79 Å². The molecule has 0 heterocycles. The second kappa shape index (κ2) is 7.14. The van der Waals surface area contributed by atoms with Crippen LogP contribution >= 0.6 is 0 Å². The summed E-state index contributed by atoms with van der Waals surface area (Å²) in [7, 11) is 1.79. The molecular formula is C15H25N3O. The Morgan fingerprint density at radius 1 is 1.42 bits per heavy atom. The summed E-state index contributed by atoms with van der Waals surface area (Å²) in [6.45, 7) is 6.85. The lowest BCUT2D eigenvalue weighted by Crippen LogP contribution is -2.36. The first-order valence-electron chi connectivity index (χ1n) is 6.74. The summed E-state index contributed by atoms with van der Waals surface area (Å²) in [5, 5.41) is 2.88. The first kappa shape index (κ1) is 15.5. The van der Waals surface area contributed by atoms with Crippen LogP contribution in [0.2, 0.25) is 0 Å². The fraction of sp³-hybridized carbons (Fsp3) is 0.533. The Labute approximate surface area is 116 Å². The van der Waals surface area contributed by atoms with Gasteiger partial charge in [0.25, 0.3) is 0 Å². The van der Waals surface area contributed by atoms with Gasteiger partial charge < -0.3 is 16.0 Å².